The molecule has 3 heterocycles. The van der Waals surface area contributed by atoms with Crippen molar-refractivity contribution in [2.45, 2.75) is 342 Å². The quantitative estimate of drug-likeness (QED) is 0.0272. The van der Waals surface area contributed by atoms with Gasteiger partial charge >= 0.3 is 5.97 Å². The fraction of sp³-hybridized carbons (Fsp3) is 0.892. The van der Waals surface area contributed by atoms with Gasteiger partial charge in [-0.3, -0.25) is 9.59 Å². The number of carboxylic acids is 1. The highest BCUT2D eigenvalue weighted by Gasteiger charge is 2.60. The molecule has 0 spiro atoms. The fourth-order valence-electron chi connectivity index (χ4n) is 11.7. The number of aliphatic hydroxyl groups is 11. The van der Waals surface area contributed by atoms with Crippen LogP contribution in [0.1, 0.15) is 233 Å². The van der Waals surface area contributed by atoms with Gasteiger partial charge in [0.1, 0.15) is 67.1 Å². The first kappa shape index (κ1) is 79.4. The fourth-order valence-corrected chi connectivity index (χ4v) is 11.7. The second-order valence-corrected chi connectivity index (χ2v) is 24.7. The van der Waals surface area contributed by atoms with E-state index in [1.807, 2.05) is 0 Å². The lowest BCUT2D eigenvalue weighted by atomic mass is 9.88. The highest BCUT2D eigenvalue weighted by molar-refractivity contribution is 5.77. The Hall–Kier alpha value is -2.79. The van der Waals surface area contributed by atoms with Crippen molar-refractivity contribution in [2.75, 3.05) is 26.4 Å². The number of aliphatic carboxylic acids is 1. The standard InChI is InChI=1S/C65H118N2O21/c1-4-6-8-10-12-14-16-18-20-22-24-26-28-30-32-34-36-38-47(72)46(67-52(75)39-37-35-33-31-29-27-25-23-21-19-17-15-13-11-9-7-5-2)44-83-62-57(79)56(78)59(51(43-70)85-62)86-63-58(80)61(55(77)50(42-69)84-63)88-65(64(81)82)40-48(73)53(66-45(3)71)60(87-65)54(76)49(74)41-68/h13,15,19,21,46-51,53-63,68-70,72-74,76-80H,4-12,14,16-18,20,22-44H2,1-3H3,(H,66,71)(H,67,75)(H,81,82)/b15-13-,21-19-. The van der Waals surface area contributed by atoms with E-state index in [9.17, 15) is 75.7 Å². The summed E-state index contributed by atoms with van der Waals surface area (Å²) in [7, 11) is 0. The van der Waals surface area contributed by atoms with E-state index in [4.69, 9.17) is 28.4 Å². The zero-order valence-electron chi connectivity index (χ0n) is 53.3. The minimum absolute atomic E-state index is 0.214. The molecule has 0 aromatic heterocycles. The molecule has 0 saturated carbocycles. The molecule has 0 aromatic rings. The van der Waals surface area contributed by atoms with E-state index in [1.165, 1.54) is 96.3 Å². The number of nitrogens with one attached hydrogen (secondary N) is 2. The number of amides is 2. The minimum Gasteiger partial charge on any atom is -0.477 e. The molecular formula is C65H118N2O21. The van der Waals surface area contributed by atoms with Gasteiger partial charge in [-0.1, -0.05) is 192 Å². The predicted molar refractivity (Wildman–Crippen MR) is 329 cm³/mol. The number of hydrogen-bond donors (Lipinski definition) is 14. The third-order valence-electron chi connectivity index (χ3n) is 17.2. The van der Waals surface area contributed by atoms with E-state index in [1.54, 1.807) is 0 Å². The smallest absolute Gasteiger partial charge is 0.364 e. The van der Waals surface area contributed by atoms with E-state index >= 15 is 0 Å². The molecule has 3 aliphatic rings. The molecule has 18 unspecified atom stereocenters. The summed E-state index contributed by atoms with van der Waals surface area (Å²) in [5.41, 5.74) is 0. The Morgan fingerprint density at radius 2 is 1.09 bits per heavy atom. The molecule has 88 heavy (non-hydrogen) atoms. The van der Waals surface area contributed by atoms with Crippen molar-refractivity contribution in [3.63, 3.8) is 0 Å². The number of ether oxygens (including phenoxy) is 6. The average molecular weight is 1260 g/mol. The van der Waals surface area contributed by atoms with Gasteiger partial charge in [0.2, 0.25) is 11.8 Å². The van der Waals surface area contributed by atoms with Crippen LogP contribution in [-0.2, 0) is 42.8 Å². The third-order valence-corrected chi connectivity index (χ3v) is 17.2. The number of unbranched alkanes of at least 4 members (excludes halogenated alkanes) is 26. The second kappa shape index (κ2) is 46.3. The number of hydrogen-bond acceptors (Lipinski definition) is 20. The molecule has 0 aliphatic carbocycles. The van der Waals surface area contributed by atoms with Crippen molar-refractivity contribution in [1.29, 1.82) is 0 Å². The van der Waals surface area contributed by atoms with Crippen LogP contribution in [0.15, 0.2) is 24.3 Å². The van der Waals surface area contributed by atoms with Gasteiger partial charge in [0.15, 0.2) is 12.6 Å². The normalized spacial score (nSPS) is 29.1. The van der Waals surface area contributed by atoms with Gasteiger partial charge < -0.3 is 100 Å². The first-order valence-corrected chi connectivity index (χ1v) is 33.7. The number of carbonyl (C=O) groups excluding carboxylic acids is 2. The van der Waals surface area contributed by atoms with Gasteiger partial charge in [-0.05, 0) is 44.9 Å². The summed E-state index contributed by atoms with van der Waals surface area (Å²) in [6, 6.07) is -2.53. The lowest BCUT2D eigenvalue weighted by Gasteiger charge is -2.50. The van der Waals surface area contributed by atoms with Gasteiger partial charge in [-0.25, -0.2) is 4.79 Å². The first-order chi connectivity index (χ1) is 42.4. The molecule has 23 heteroatoms. The summed E-state index contributed by atoms with van der Waals surface area (Å²) in [6.07, 6.45) is 14.6. The Morgan fingerprint density at radius 3 is 1.61 bits per heavy atom. The van der Waals surface area contributed by atoms with Gasteiger partial charge in [-0.15, -0.1) is 0 Å². The van der Waals surface area contributed by atoms with Crippen LogP contribution in [0, 0.1) is 0 Å². The lowest BCUT2D eigenvalue weighted by Crippen LogP contribution is -2.70. The Balaban J connectivity index is 1.62. The predicted octanol–water partition coefficient (Wildman–Crippen LogP) is 5.28. The van der Waals surface area contributed by atoms with Crippen LogP contribution in [-0.4, -0.2) is 215 Å². The zero-order chi connectivity index (χ0) is 64.7. The molecule has 14 N–H and O–H groups in total. The van der Waals surface area contributed by atoms with Crippen LogP contribution in [0.4, 0.5) is 0 Å². The Kier molecular flexibility index (Phi) is 41.8. The van der Waals surface area contributed by atoms with Crippen LogP contribution in [0.25, 0.3) is 0 Å². The van der Waals surface area contributed by atoms with Crippen molar-refractivity contribution in [3.05, 3.63) is 24.3 Å². The summed E-state index contributed by atoms with van der Waals surface area (Å²) in [5.74, 6) is -6.11. The molecule has 0 bridgehead atoms. The van der Waals surface area contributed by atoms with Crippen LogP contribution >= 0.6 is 0 Å². The molecule has 2 amide bonds. The summed E-state index contributed by atoms with van der Waals surface area (Å²) < 4.78 is 34.8. The molecule has 23 nitrogen and oxygen atoms in total. The van der Waals surface area contributed by atoms with Crippen molar-refractivity contribution in [2.24, 2.45) is 0 Å². The second-order valence-electron chi connectivity index (χ2n) is 24.7. The Bertz CT molecular complexity index is 1890. The highest BCUT2D eigenvalue weighted by Crippen LogP contribution is 2.39. The molecule has 3 fully saturated rings. The van der Waals surface area contributed by atoms with Crippen molar-refractivity contribution < 1.29 is 104 Å². The van der Waals surface area contributed by atoms with Crippen LogP contribution in [0.3, 0.4) is 0 Å². The van der Waals surface area contributed by atoms with Crippen LogP contribution < -0.4 is 10.6 Å². The van der Waals surface area contributed by atoms with Crippen LogP contribution in [0.5, 0.6) is 0 Å². The monoisotopic (exact) mass is 1260 g/mol. The van der Waals surface area contributed by atoms with E-state index in [2.05, 4.69) is 48.8 Å². The van der Waals surface area contributed by atoms with E-state index in [0.717, 1.165) is 90.4 Å². The molecule has 514 valence electrons. The summed E-state index contributed by atoms with van der Waals surface area (Å²) in [6.45, 7) is 2.16. The van der Waals surface area contributed by atoms with Crippen molar-refractivity contribution >= 4 is 17.8 Å². The number of carbonyl (C=O) groups is 3. The summed E-state index contributed by atoms with van der Waals surface area (Å²) in [4.78, 5) is 38.5. The zero-order valence-corrected chi connectivity index (χ0v) is 53.3. The molecule has 3 aliphatic heterocycles. The maximum absolute atomic E-state index is 13.4. The first-order valence-electron chi connectivity index (χ1n) is 33.7. The summed E-state index contributed by atoms with van der Waals surface area (Å²) in [5, 5.41) is 136. The lowest BCUT2D eigenvalue weighted by molar-refractivity contribution is -0.386. The Morgan fingerprint density at radius 1 is 0.591 bits per heavy atom. The highest BCUT2D eigenvalue weighted by atomic mass is 16.8. The van der Waals surface area contributed by atoms with Crippen LogP contribution in [0.2, 0.25) is 0 Å². The summed E-state index contributed by atoms with van der Waals surface area (Å²) >= 11 is 0. The average Bonchev–Trinajstić information content (AvgIpc) is 1.22. The number of aliphatic hydroxyl groups excluding tert-OH is 11. The van der Waals surface area contributed by atoms with Crippen molar-refractivity contribution in [1.82, 2.24) is 10.6 Å². The third kappa shape index (κ3) is 29.0. The van der Waals surface area contributed by atoms with Crippen molar-refractivity contribution in [3.8, 4) is 0 Å². The van der Waals surface area contributed by atoms with E-state index in [0.29, 0.717) is 19.3 Å². The maximum Gasteiger partial charge on any atom is 0.364 e. The van der Waals surface area contributed by atoms with Gasteiger partial charge in [0.25, 0.3) is 5.79 Å². The van der Waals surface area contributed by atoms with Gasteiger partial charge in [-0.2, -0.15) is 0 Å². The SMILES string of the molecule is CCCCC/C=C\C/C=C\CCCCCCCCCC(=O)NC(COC1OC(CO)C(OC2OC(CO)C(O)C(OC3(C(=O)O)CC(O)C(NC(C)=O)C(C(O)C(O)CO)O3)C2O)C(O)C1O)C(O)CCCCCCCCCCCCCCCCCCC. The van der Waals surface area contributed by atoms with E-state index < -0.39 is 148 Å². The largest absolute Gasteiger partial charge is 0.477 e. The maximum atomic E-state index is 13.4. The van der Waals surface area contributed by atoms with E-state index in [-0.39, 0.29) is 18.9 Å². The number of rotatable bonds is 50. The Labute approximate surface area is 523 Å². The molecular weight excluding hydrogens is 1140 g/mol. The molecule has 0 radical (unpaired) electrons. The molecule has 18 atom stereocenters. The minimum atomic E-state index is -3.08. The molecule has 3 rings (SSSR count). The van der Waals surface area contributed by atoms with Gasteiger partial charge in [0, 0.05) is 19.8 Å². The number of carboxylic acid groups (broad SMARTS) is 1. The van der Waals surface area contributed by atoms with Gasteiger partial charge in [0.05, 0.1) is 50.7 Å². The number of allylic oxidation sites excluding steroid dienone is 4. The topological polar surface area (TPSA) is 373 Å². The molecule has 0 aromatic carbocycles. The molecule has 3 saturated heterocycles.